The van der Waals surface area contributed by atoms with Crippen LogP contribution in [-0.2, 0) is 9.59 Å². The van der Waals surface area contributed by atoms with Crippen molar-refractivity contribution in [2.24, 2.45) is 0 Å². The number of amides is 2. The monoisotopic (exact) mass is 370 g/mol. The van der Waals surface area contributed by atoms with E-state index in [0.717, 1.165) is 4.90 Å². The number of carboxylic acid groups (broad SMARTS) is 1. The first-order chi connectivity index (χ1) is 12.3. The van der Waals surface area contributed by atoms with Crippen molar-refractivity contribution in [2.45, 2.75) is 6.92 Å². The molecule has 2 N–H and O–H groups in total. The highest BCUT2D eigenvalue weighted by Crippen LogP contribution is 2.28. The Labute approximate surface area is 153 Å². The average Bonchev–Trinajstić information content (AvgIpc) is 3.05. The fraction of sp³-hybridized carbons (Fsp3) is 0.111. The molecule has 1 aromatic carbocycles. The number of nitrogens with one attached hydrogen (secondary N) is 1. The van der Waals surface area contributed by atoms with Crippen molar-refractivity contribution in [2.75, 3.05) is 7.05 Å². The number of furan rings is 1. The average molecular weight is 370 g/mol. The molecule has 0 spiro atoms. The molecular formula is C18H14N2O5S. The van der Waals surface area contributed by atoms with Gasteiger partial charge >= 0.3 is 5.97 Å². The lowest BCUT2D eigenvalue weighted by atomic mass is 10.0. The van der Waals surface area contributed by atoms with Gasteiger partial charge in [-0.15, -0.1) is 0 Å². The summed E-state index contributed by atoms with van der Waals surface area (Å²) in [6, 6.07) is 8.13. The minimum atomic E-state index is -1.03. The molecule has 1 aliphatic rings. The third kappa shape index (κ3) is 3.02. The van der Waals surface area contributed by atoms with Gasteiger partial charge in [0.05, 0.1) is 5.56 Å². The Morgan fingerprint density at radius 2 is 2.00 bits per heavy atom. The summed E-state index contributed by atoms with van der Waals surface area (Å²) < 4.78 is 5.69. The summed E-state index contributed by atoms with van der Waals surface area (Å²) in [5.74, 6) is -1.42. The molecule has 7 nitrogen and oxygen atoms in total. The van der Waals surface area contributed by atoms with Crippen LogP contribution in [0.15, 0.2) is 40.3 Å². The molecule has 0 atom stereocenters. The molecule has 0 bridgehead atoms. The number of carbonyl (C=O) groups is 3. The van der Waals surface area contributed by atoms with E-state index in [1.54, 1.807) is 31.2 Å². The number of aromatic carboxylic acids is 1. The molecule has 0 aliphatic carbocycles. The Hall–Kier alpha value is -3.26. The van der Waals surface area contributed by atoms with Crippen LogP contribution >= 0.6 is 12.2 Å². The molecule has 8 heteroatoms. The van der Waals surface area contributed by atoms with E-state index in [9.17, 15) is 19.5 Å². The second-order valence-corrected chi connectivity index (χ2v) is 6.05. The van der Waals surface area contributed by atoms with Crippen molar-refractivity contribution in [1.82, 2.24) is 10.2 Å². The summed E-state index contributed by atoms with van der Waals surface area (Å²) in [7, 11) is 1.46. The van der Waals surface area contributed by atoms with Crippen LogP contribution < -0.4 is 5.32 Å². The van der Waals surface area contributed by atoms with Crippen LogP contribution in [0.4, 0.5) is 0 Å². The molecule has 0 radical (unpaired) electrons. The van der Waals surface area contributed by atoms with Gasteiger partial charge in [0.25, 0.3) is 11.8 Å². The first-order valence-electron chi connectivity index (χ1n) is 7.57. The van der Waals surface area contributed by atoms with Gasteiger partial charge in [0, 0.05) is 12.6 Å². The second-order valence-electron chi connectivity index (χ2n) is 5.67. The number of carboxylic acids is 1. The zero-order valence-corrected chi connectivity index (χ0v) is 14.7. The minimum absolute atomic E-state index is 0.0402. The number of carbonyl (C=O) groups excluding carboxylic acids is 2. The largest absolute Gasteiger partial charge is 0.478 e. The highest BCUT2D eigenvalue weighted by Gasteiger charge is 2.31. The minimum Gasteiger partial charge on any atom is -0.478 e. The van der Waals surface area contributed by atoms with Gasteiger partial charge in [-0.3, -0.25) is 19.8 Å². The van der Waals surface area contributed by atoms with Crippen LogP contribution in [0.1, 0.15) is 21.7 Å². The van der Waals surface area contributed by atoms with Gasteiger partial charge in [-0.25, -0.2) is 4.79 Å². The molecule has 1 aromatic heterocycles. The van der Waals surface area contributed by atoms with Gasteiger partial charge in [-0.1, -0.05) is 12.1 Å². The Morgan fingerprint density at radius 3 is 2.69 bits per heavy atom. The van der Waals surface area contributed by atoms with Gasteiger partial charge in [0.15, 0.2) is 5.11 Å². The predicted octanol–water partition coefficient (Wildman–Crippen LogP) is 2.21. The molecule has 3 rings (SSSR count). The normalized spacial score (nSPS) is 16.2. The fourth-order valence-corrected chi connectivity index (χ4v) is 2.77. The number of benzene rings is 1. The van der Waals surface area contributed by atoms with E-state index >= 15 is 0 Å². The van der Waals surface area contributed by atoms with Gasteiger partial charge < -0.3 is 9.52 Å². The maximum atomic E-state index is 12.2. The van der Waals surface area contributed by atoms with Crippen LogP contribution in [0.5, 0.6) is 0 Å². The summed E-state index contributed by atoms with van der Waals surface area (Å²) >= 11 is 4.89. The molecule has 132 valence electrons. The third-order valence-corrected chi connectivity index (χ3v) is 4.42. The number of likely N-dealkylation sites (N-methyl/N-ethyl adjacent to an activating group) is 1. The summed E-state index contributed by atoms with van der Waals surface area (Å²) in [5, 5.41) is 11.7. The highest BCUT2D eigenvalue weighted by atomic mass is 32.1. The number of rotatable bonds is 3. The molecule has 1 aliphatic heterocycles. The summed E-state index contributed by atoms with van der Waals surface area (Å²) in [6.45, 7) is 1.69. The molecule has 0 saturated carbocycles. The topological polar surface area (TPSA) is 99.8 Å². The van der Waals surface area contributed by atoms with Crippen molar-refractivity contribution in [1.29, 1.82) is 0 Å². The molecule has 26 heavy (non-hydrogen) atoms. The van der Waals surface area contributed by atoms with Crippen LogP contribution in [0.2, 0.25) is 0 Å². The first-order valence-corrected chi connectivity index (χ1v) is 7.98. The number of thiocarbonyl (C=S) groups is 1. The standard InChI is InChI=1S/C18H14N2O5S/c1-9-11(4-3-5-12(9)17(23)24)14-7-6-10(25-14)8-13-15(21)19-18(26)20(2)16(13)22/h3-8H,1-2H3,(H,23,24)(H,19,21,26)/b13-8+. The Morgan fingerprint density at radius 1 is 1.27 bits per heavy atom. The Kier molecular flexibility index (Phi) is 4.43. The van der Waals surface area contributed by atoms with Crippen molar-refractivity contribution in [3.8, 4) is 11.3 Å². The van der Waals surface area contributed by atoms with Gasteiger partial charge in [-0.05, 0) is 49.0 Å². The predicted molar refractivity (Wildman–Crippen MR) is 97.3 cm³/mol. The SMILES string of the molecule is Cc1c(C(=O)O)cccc1-c1ccc(/C=C2\C(=O)NC(=S)N(C)C2=O)o1. The van der Waals surface area contributed by atoms with Crippen LogP contribution in [0, 0.1) is 6.92 Å². The molecule has 1 saturated heterocycles. The van der Waals surface area contributed by atoms with E-state index in [1.165, 1.54) is 19.2 Å². The lowest BCUT2D eigenvalue weighted by Crippen LogP contribution is -2.52. The van der Waals surface area contributed by atoms with Crippen LogP contribution in [0.3, 0.4) is 0 Å². The van der Waals surface area contributed by atoms with Crippen molar-refractivity contribution in [3.05, 3.63) is 52.8 Å². The van der Waals surface area contributed by atoms with E-state index in [0.29, 0.717) is 22.6 Å². The lowest BCUT2D eigenvalue weighted by molar-refractivity contribution is -0.128. The first kappa shape index (κ1) is 17.6. The van der Waals surface area contributed by atoms with E-state index in [4.69, 9.17) is 16.6 Å². The zero-order valence-electron chi connectivity index (χ0n) is 13.9. The summed E-state index contributed by atoms with van der Waals surface area (Å²) in [4.78, 5) is 36.6. The summed E-state index contributed by atoms with van der Waals surface area (Å²) in [5.41, 5.74) is 1.26. The zero-order chi connectivity index (χ0) is 19.0. The van der Waals surface area contributed by atoms with Gasteiger partial charge in [0.2, 0.25) is 0 Å². The fourth-order valence-electron chi connectivity index (χ4n) is 2.60. The maximum absolute atomic E-state index is 12.2. The Balaban J connectivity index is 1.98. The van der Waals surface area contributed by atoms with Crippen molar-refractivity contribution in [3.63, 3.8) is 0 Å². The molecule has 2 heterocycles. The number of nitrogens with zero attached hydrogens (tertiary/aromatic N) is 1. The quantitative estimate of drug-likeness (QED) is 0.488. The smallest absolute Gasteiger partial charge is 0.335 e. The van der Waals surface area contributed by atoms with Crippen molar-refractivity contribution < 1.29 is 23.9 Å². The maximum Gasteiger partial charge on any atom is 0.335 e. The Bertz CT molecular complexity index is 989. The van der Waals surface area contributed by atoms with E-state index in [2.05, 4.69) is 5.32 Å². The number of hydrogen-bond acceptors (Lipinski definition) is 5. The van der Waals surface area contributed by atoms with Crippen LogP contribution in [0.25, 0.3) is 17.4 Å². The summed E-state index contributed by atoms with van der Waals surface area (Å²) in [6.07, 6.45) is 1.33. The molecule has 2 amide bonds. The van der Waals surface area contributed by atoms with Gasteiger partial charge in [0.1, 0.15) is 17.1 Å². The number of hydrogen-bond donors (Lipinski definition) is 2. The third-order valence-electron chi connectivity index (χ3n) is 4.05. The molecular weight excluding hydrogens is 356 g/mol. The molecule has 2 aromatic rings. The second kappa shape index (κ2) is 6.57. The lowest BCUT2D eigenvalue weighted by Gasteiger charge is -2.24. The van der Waals surface area contributed by atoms with Gasteiger partial charge in [-0.2, -0.15) is 0 Å². The van der Waals surface area contributed by atoms with Crippen molar-refractivity contribution >= 4 is 41.2 Å². The van der Waals surface area contributed by atoms with E-state index < -0.39 is 17.8 Å². The van der Waals surface area contributed by atoms with E-state index in [1.807, 2.05) is 0 Å². The molecule has 0 unspecified atom stereocenters. The highest BCUT2D eigenvalue weighted by molar-refractivity contribution is 7.80. The van der Waals surface area contributed by atoms with Crippen LogP contribution in [-0.4, -0.2) is 40.0 Å². The molecule has 1 fully saturated rings. The van der Waals surface area contributed by atoms with E-state index in [-0.39, 0.29) is 16.2 Å².